The van der Waals surface area contributed by atoms with E-state index in [9.17, 15) is 4.79 Å². The minimum absolute atomic E-state index is 0.193. The van der Waals surface area contributed by atoms with Gasteiger partial charge in [-0.1, -0.05) is 18.5 Å². The fourth-order valence-corrected chi connectivity index (χ4v) is 1.80. The maximum atomic E-state index is 12.2. The summed E-state index contributed by atoms with van der Waals surface area (Å²) in [4.78, 5) is 16.2. The normalized spacial score (nSPS) is 10.5. The first-order valence-corrected chi connectivity index (χ1v) is 5.79. The van der Waals surface area contributed by atoms with Crippen LogP contribution in [-0.4, -0.2) is 20.5 Å². The van der Waals surface area contributed by atoms with Crippen molar-refractivity contribution in [2.24, 2.45) is 0 Å². The first kappa shape index (κ1) is 11.8. The van der Waals surface area contributed by atoms with Gasteiger partial charge in [-0.05, 0) is 24.6 Å². The number of halogens is 1. The van der Waals surface area contributed by atoms with Crippen LogP contribution in [0.4, 0.5) is 0 Å². The van der Waals surface area contributed by atoms with Crippen molar-refractivity contribution >= 4 is 17.4 Å². The lowest BCUT2D eigenvalue weighted by Crippen LogP contribution is -2.13. The molecule has 0 aromatic carbocycles. The van der Waals surface area contributed by atoms with Gasteiger partial charge in [0.1, 0.15) is 11.4 Å². The molecule has 4 nitrogen and oxygen atoms in total. The lowest BCUT2D eigenvalue weighted by atomic mass is 10.2. The third-order valence-electron chi connectivity index (χ3n) is 2.36. The van der Waals surface area contributed by atoms with Gasteiger partial charge in [0, 0.05) is 18.9 Å². The van der Waals surface area contributed by atoms with Crippen LogP contribution in [0, 0.1) is 0 Å². The van der Waals surface area contributed by atoms with E-state index >= 15 is 0 Å². The molecule has 0 saturated carbocycles. The summed E-state index contributed by atoms with van der Waals surface area (Å²) in [7, 11) is 0. The Morgan fingerprint density at radius 2 is 2.24 bits per heavy atom. The number of rotatable bonds is 4. The molecule has 2 rings (SSSR count). The SMILES string of the molecule is CCCn1nccc1C(=O)c1ncccc1Cl. The van der Waals surface area contributed by atoms with E-state index in [4.69, 9.17) is 11.6 Å². The lowest BCUT2D eigenvalue weighted by Gasteiger charge is -2.05. The summed E-state index contributed by atoms with van der Waals surface area (Å²) >= 11 is 5.95. The molecule has 0 aliphatic heterocycles. The molecule has 0 N–H and O–H groups in total. The zero-order valence-corrected chi connectivity index (χ0v) is 10.2. The summed E-state index contributed by atoms with van der Waals surface area (Å²) in [5.74, 6) is -0.193. The summed E-state index contributed by atoms with van der Waals surface area (Å²) in [6, 6.07) is 5.04. The van der Waals surface area contributed by atoms with Crippen molar-refractivity contribution in [1.29, 1.82) is 0 Å². The van der Waals surface area contributed by atoms with Gasteiger partial charge in [-0.15, -0.1) is 0 Å². The third-order valence-corrected chi connectivity index (χ3v) is 2.66. The summed E-state index contributed by atoms with van der Waals surface area (Å²) in [6.07, 6.45) is 4.08. The largest absolute Gasteiger partial charge is 0.285 e. The van der Waals surface area contributed by atoms with Crippen LogP contribution in [-0.2, 0) is 6.54 Å². The Bertz CT molecular complexity index is 536. The third kappa shape index (κ3) is 2.36. The molecular weight excluding hydrogens is 238 g/mol. The fourth-order valence-electron chi connectivity index (χ4n) is 1.59. The number of hydrogen-bond donors (Lipinski definition) is 0. The summed E-state index contributed by atoms with van der Waals surface area (Å²) in [5.41, 5.74) is 0.791. The van der Waals surface area contributed by atoms with Crippen LogP contribution in [0.25, 0.3) is 0 Å². The molecular formula is C12H12ClN3O. The minimum atomic E-state index is -0.193. The second-order valence-electron chi connectivity index (χ2n) is 3.60. The number of pyridine rings is 1. The van der Waals surface area contributed by atoms with Gasteiger partial charge in [0.15, 0.2) is 0 Å². The van der Waals surface area contributed by atoms with Crippen LogP contribution in [0.15, 0.2) is 30.6 Å². The van der Waals surface area contributed by atoms with Crippen molar-refractivity contribution in [3.05, 3.63) is 47.0 Å². The zero-order chi connectivity index (χ0) is 12.3. The highest BCUT2D eigenvalue weighted by Crippen LogP contribution is 2.16. The molecule has 0 aliphatic carbocycles. The smallest absolute Gasteiger partial charge is 0.230 e. The number of aryl methyl sites for hydroxylation is 1. The number of carbonyl (C=O) groups excluding carboxylic acids is 1. The second kappa shape index (κ2) is 5.10. The van der Waals surface area contributed by atoms with Crippen LogP contribution in [0.3, 0.4) is 0 Å². The van der Waals surface area contributed by atoms with Crippen molar-refractivity contribution in [1.82, 2.24) is 14.8 Å². The quantitative estimate of drug-likeness (QED) is 0.783. The van der Waals surface area contributed by atoms with Crippen molar-refractivity contribution in [3.63, 3.8) is 0 Å². The van der Waals surface area contributed by atoms with Gasteiger partial charge < -0.3 is 0 Å². The maximum absolute atomic E-state index is 12.2. The predicted octanol–water partition coefficient (Wildman–Crippen LogP) is 2.57. The number of nitrogens with zero attached hydrogens (tertiary/aromatic N) is 3. The summed E-state index contributed by atoms with van der Waals surface area (Å²) < 4.78 is 1.67. The molecule has 88 valence electrons. The molecule has 0 atom stereocenters. The maximum Gasteiger partial charge on any atom is 0.230 e. The monoisotopic (exact) mass is 249 g/mol. The second-order valence-corrected chi connectivity index (χ2v) is 4.01. The van der Waals surface area contributed by atoms with Crippen LogP contribution in [0.2, 0.25) is 5.02 Å². The number of carbonyl (C=O) groups is 1. The molecule has 0 fully saturated rings. The molecule has 0 unspecified atom stereocenters. The van der Waals surface area contributed by atoms with Crippen LogP contribution in [0.1, 0.15) is 29.5 Å². The van der Waals surface area contributed by atoms with Gasteiger partial charge in [-0.2, -0.15) is 5.10 Å². The van der Waals surface area contributed by atoms with Gasteiger partial charge in [0.25, 0.3) is 0 Å². The summed E-state index contributed by atoms with van der Waals surface area (Å²) in [5, 5.41) is 4.47. The Hall–Kier alpha value is -1.68. The molecule has 0 saturated heterocycles. The lowest BCUT2D eigenvalue weighted by molar-refractivity contribution is 0.102. The number of hydrogen-bond acceptors (Lipinski definition) is 3. The van der Waals surface area contributed by atoms with Gasteiger partial charge in [-0.3, -0.25) is 14.5 Å². The Balaban J connectivity index is 2.37. The molecule has 2 aromatic rings. The Labute approximate surface area is 104 Å². The average molecular weight is 250 g/mol. The van der Waals surface area contributed by atoms with Crippen molar-refractivity contribution in [2.45, 2.75) is 19.9 Å². The number of aromatic nitrogens is 3. The van der Waals surface area contributed by atoms with Crippen LogP contribution in [0.5, 0.6) is 0 Å². The molecule has 0 bridgehead atoms. The van der Waals surface area contributed by atoms with Gasteiger partial charge in [-0.25, -0.2) is 0 Å². The molecule has 2 heterocycles. The van der Waals surface area contributed by atoms with E-state index in [1.54, 1.807) is 35.3 Å². The van der Waals surface area contributed by atoms with E-state index in [-0.39, 0.29) is 11.5 Å². The Morgan fingerprint density at radius 3 is 2.94 bits per heavy atom. The van der Waals surface area contributed by atoms with E-state index in [0.717, 1.165) is 6.42 Å². The Kier molecular flexibility index (Phi) is 3.54. The highest BCUT2D eigenvalue weighted by molar-refractivity contribution is 6.34. The first-order valence-electron chi connectivity index (χ1n) is 5.41. The van der Waals surface area contributed by atoms with E-state index in [1.165, 1.54) is 0 Å². The predicted molar refractivity (Wildman–Crippen MR) is 65.2 cm³/mol. The molecule has 5 heteroatoms. The van der Waals surface area contributed by atoms with Crippen molar-refractivity contribution in [2.75, 3.05) is 0 Å². The summed E-state index contributed by atoms with van der Waals surface area (Å²) in [6.45, 7) is 2.74. The average Bonchev–Trinajstić information content (AvgIpc) is 2.78. The number of ketones is 1. The highest BCUT2D eigenvalue weighted by atomic mass is 35.5. The topological polar surface area (TPSA) is 47.8 Å². The standard InChI is InChI=1S/C12H12ClN3O/c1-2-8-16-10(5-7-15-16)12(17)11-9(13)4-3-6-14-11/h3-7H,2,8H2,1H3. The zero-order valence-electron chi connectivity index (χ0n) is 9.43. The van der Waals surface area contributed by atoms with Gasteiger partial charge >= 0.3 is 0 Å². The van der Waals surface area contributed by atoms with E-state index < -0.39 is 0 Å². The van der Waals surface area contributed by atoms with Crippen LogP contribution < -0.4 is 0 Å². The highest BCUT2D eigenvalue weighted by Gasteiger charge is 2.17. The van der Waals surface area contributed by atoms with Crippen molar-refractivity contribution in [3.8, 4) is 0 Å². The molecule has 0 radical (unpaired) electrons. The van der Waals surface area contributed by atoms with Crippen molar-refractivity contribution < 1.29 is 4.79 Å². The first-order chi connectivity index (χ1) is 8.24. The van der Waals surface area contributed by atoms with E-state index in [2.05, 4.69) is 10.1 Å². The molecule has 17 heavy (non-hydrogen) atoms. The van der Waals surface area contributed by atoms with E-state index in [1.807, 2.05) is 6.92 Å². The van der Waals surface area contributed by atoms with Crippen LogP contribution >= 0.6 is 11.6 Å². The molecule has 0 spiro atoms. The Morgan fingerprint density at radius 1 is 1.41 bits per heavy atom. The van der Waals surface area contributed by atoms with Gasteiger partial charge in [0.2, 0.25) is 5.78 Å². The minimum Gasteiger partial charge on any atom is -0.285 e. The van der Waals surface area contributed by atoms with E-state index in [0.29, 0.717) is 17.3 Å². The molecule has 2 aromatic heterocycles. The fraction of sp³-hybridized carbons (Fsp3) is 0.250. The molecule has 0 aliphatic rings. The molecule has 0 amide bonds. The van der Waals surface area contributed by atoms with Gasteiger partial charge in [0.05, 0.1) is 5.02 Å².